The third-order valence-corrected chi connectivity index (χ3v) is 4.23. The Morgan fingerprint density at radius 3 is 2.65 bits per heavy atom. The lowest BCUT2D eigenvalue weighted by Gasteiger charge is -2.33. The Labute approximate surface area is 122 Å². The summed E-state index contributed by atoms with van der Waals surface area (Å²) in [5.41, 5.74) is 0.519. The molecular formula is C14H17ClN2O3. The standard InChI is InChI=1S/C14H17ClN2O3/c15-9-7-12(17(8-9)10-4-5-10)13(18)16-6-2-1-3-11(16)14(19)20/h7-8,10-11H,1-6H2,(H,19,20)/t11-/m1/s1. The van der Waals surface area contributed by atoms with Crippen LogP contribution in [0, 0.1) is 0 Å². The first-order valence-electron chi connectivity index (χ1n) is 6.99. The fraction of sp³-hybridized carbons (Fsp3) is 0.571. The van der Waals surface area contributed by atoms with E-state index in [1.54, 1.807) is 12.3 Å². The van der Waals surface area contributed by atoms with Crippen molar-refractivity contribution < 1.29 is 14.7 Å². The summed E-state index contributed by atoms with van der Waals surface area (Å²) in [4.78, 5) is 25.5. The molecule has 1 amide bonds. The van der Waals surface area contributed by atoms with Gasteiger partial charge in [-0.15, -0.1) is 0 Å². The van der Waals surface area contributed by atoms with Gasteiger partial charge in [0.25, 0.3) is 5.91 Å². The molecule has 108 valence electrons. The third kappa shape index (κ3) is 2.42. The van der Waals surface area contributed by atoms with Gasteiger partial charge in [0.1, 0.15) is 11.7 Å². The monoisotopic (exact) mass is 296 g/mol. The number of carbonyl (C=O) groups excluding carboxylic acids is 1. The van der Waals surface area contributed by atoms with Gasteiger partial charge in [0.2, 0.25) is 0 Å². The zero-order chi connectivity index (χ0) is 14.3. The van der Waals surface area contributed by atoms with Gasteiger partial charge in [-0.05, 0) is 38.2 Å². The fourth-order valence-corrected chi connectivity index (χ4v) is 3.06. The number of hydrogen-bond acceptors (Lipinski definition) is 2. The average Bonchev–Trinajstić information content (AvgIpc) is 3.21. The van der Waals surface area contributed by atoms with Crippen molar-refractivity contribution in [3.8, 4) is 0 Å². The Bertz CT molecular complexity index is 551. The van der Waals surface area contributed by atoms with Crippen molar-refractivity contribution in [2.24, 2.45) is 0 Å². The quantitative estimate of drug-likeness (QED) is 0.932. The molecule has 1 N–H and O–H groups in total. The molecule has 1 aromatic rings. The van der Waals surface area contributed by atoms with Crippen molar-refractivity contribution in [2.75, 3.05) is 6.54 Å². The number of aliphatic carboxylic acids is 1. The van der Waals surface area contributed by atoms with Crippen LogP contribution < -0.4 is 0 Å². The largest absolute Gasteiger partial charge is 0.480 e. The summed E-state index contributed by atoms with van der Waals surface area (Å²) in [5.74, 6) is -1.13. The van der Waals surface area contributed by atoms with Crippen molar-refractivity contribution in [1.29, 1.82) is 0 Å². The summed E-state index contributed by atoms with van der Waals surface area (Å²) in [5, 5.41) is 9.81. The molecule has 1 aromatic heterocycles. The molecule has 1 aliphatic heterocycles. The molecule has 0 aromatic carbocycles. The molecule has 2 heterocycles. The second-order valence-electron chi connectivity index (χ2n) is 5.53. The Morgan fingerprint density at radius 1 is 1.25 bits per heavy atom. The summed E-state index contributed by atoms with van der Waals surface area (Å²) in [6.45, 7) is 0.503. The summed E-state index contributed by atoms with van der Waals surface area (Å²) < 4.78 is 1.90. The first-order chi connectivity index (χ1) is 9.58. The van der Waals surface area contributed by atoms with E-state index in [0.717, 1.165) is 25.7 Å². The molecule has 20 heavy (non-hydrogen) atoms. The number of rotatable bonds is 3. The minimum atomic E-state index is -0.923. The van der Waals surface area contributed by atoms with Crippen LogP contribution in [0.4, 0.5) is 0 Å². The van der Waals surface area contributed by atoms with Gasteiger partial charge < -0.3 is 14.6 Å². The van der Waals surface area contributed by atoms with E-state index in [-0.39, 0.29) is 5.91 Å². The molecule has 0 radical (unpaired) electrons. The van der Waals surface area contributed by atoms with E-state index in [4.69, 9.17) is 11.6 Å². The smallest absolute Gasteiger partial charge is 0.326 e. The van der Waals surface area contributed by atoms with Crippen molar-refractivity contribution in [2.45, 2.75) is 44.2 Å². The van der Waals surface area contributed by atoms with Gasteiger partial charge >= 0.3 is 5.97 Å². The Balaban J connectivity index is 1.89. The maximum absolute atomic E-state index is 12.7. The van der Waals surface area contributed by atoms with Crippen LogP contribution in [0.3, 0.4) is 0 Å². The SMILES string of the molecule is O=C(O)[C@H]1CCCCN1C(=O)c1cc(Cl)cn1C1CC1. The van der Waals surface area contributed by atoms with E-state index in [1.807, 2.05) is 4.57 Å². The van der Waals surface area contributed by atoms with Crippen LogP contribution in [-0.2, 0) is 4.79 Å². The number of likely N-dealkylation sites (tertiary alicyclic amines) is 1. The first kappa shape index (κ1) is 13.5. The number of hydrogen-bond donors (Lipinski definition) is 1. The maximum atomic E-state index is 12.7. The van der Waals surface area contributed by atoms with Crippen molar-refractivity contribution in [1.82, 2.24) is 9.47 Å². The van der Waals surface area contributed by atoms with Crippen LogP contribution in [0.15, 0.2) is 12.3 Å². The highest BCUT2D eigenvalue weighted by Gasteiger charge is 2.35. The van der Waals surface area contributed by atoms with Gasteiger partial charge in [-0.2, -0.15) is 0 Å². The molecule has 3 rings (SSSR count). The van der Waals surface area contributed by atoms with E-state index in [1.165, 1.54) is 4.90 Å². The number of nitrogens with zero attached hydrogens (tertiary/aromatic N) is 2. The number of piperidine rings is 1. The molecule has 0 bridgehead atoms. The Hall–Kier alpha value is -1.49. The fourth-order valence-electron chi connectivity index (χ4n) is 2.85. The van der Waals surface area contributed by atoms with Crippen molar-refractivity contribution in [3.63, 3.8) is 0 Å². The molecule has 6 heteroatoms. The van der Waals surface area contributed by atoms with E-state index >= 15 is 0 Å². The van der Waals surface area contributed by atoms with Gasteiger partial charge in [0.05, 0.1) is 5.02 Å². The number of carbonyl (C=O) groups is 2. The van der Waals surface area contributed by atoms with E-state index in [9.17, 15) is 14.7 Å². The molecule has 5 nitrogen and oxygen atoms in total. The highest BCUT2D eigenvalue weighted by Crippen LogP contribution is 2.38. The predicted octanol–water partition coefficient (Wildman–Crippen LogP) is 2.56. The van der Waals surface area contributed by atoms with Gasteiger partial charge in [-0.1, -0.05) is 11.6 Å². The number of amides is 1. The van der Waals surface area contributed by atoms with Crippen LogP contribution in [-0.4, -0.2) is 39.0 Å². The van der Waals surface area contributed by atoms with Crippen LogP contribution in [0.5, 0.6) is 0 Å². The highest BCUT2D eigenvalue weighted by atomic mass is 35.5. The molecule has 1 atom stereocenters. The lowest BCUT2D eigenvalue weighted by Crippen LogP contribution is -2.48. The average molecular weight is 297 g/mol. The summed E-state index contributed by atoms with van der Waals surface area (Å²) in [7, 11) is 0. The van der Waals surface area contributed by atoms with Gasteiger partial charge in [-0.25, -0.2) is 4.79 Å². The molecule has 2 aliphatic rings. The second-order valence-corrected chi connectivity index (χ2v) is 5.97. The zero-order valence-corrected chi connectivity index (χ0v) is 11.8. The molecule has 1 aliphatic carbocycles. The Kier molecular flexibility index (Phi) is 3.46. The van der Waals surface area contributed by atoms with E-state index in [2.05, 4.69) is 0 Å². The van der Waals surface area contributed by atoms with Crippen LogP contribution in [0.1, 0.15) is 48.6 Å². The maximum Gasteiger partial charge on any atom is 0.326 e. The first-order valence-corrected chi connectivity index (χ1v) is 7.37. The van der Waals surface area contributed by atoms with E-state index < -0.39 is 12.0 Å². The molecule has 0 spiro atoms. The summed E-state index contributed by atoms with van der Waals surface area (Å²) in [6.07, 6.45) is 6.10. The molecule has 1 saturated carbocycles. The second kappa shape index (κ2) is 5.13. The summed E-state index contributed by atoms with van der Waals surface area (Å²) >= 11 is 6.01. The third-order valence-electron chi connectivity index (χ3n) is 4.02. The number of aromatic nitrogens is 1. The number of carboxylic acids is 1. The molecule has 2 fully saturated rings. The number of carboxylic acid groups (broad SMARTS) is 1. The minimum absolute atomic E-state index is 0.212. The van der Waals surface area contributed by atoms with Gasteiger partial charge in [0.15, 0.2) is 0 Å². The normalized spacial score (nSPS) is 22.9. The van der Waals surface area contributed by atoms with Crippen LogP contribution in [0.25, 0.3) is 0 Å². The minimum Gasteiger partial charge on any atom is -0.480 e. The van der Waals surface area contributed by atoms with Crippen molar-refractivity contribution >= 4 is 23.5 Å². The summed E-state index contributed by atoms with van der Waals surface area (Å²) in [6, 6.07) is 1.28. The van der Waals surface area contributed by atoms with E-state index in [0.29, 0.717) is 29.7 Å². The topological polar surface area (TPSA) is 62.5 Å². The lowest BCUT2D eigenvalue weighted by molar-refractivity contribution is -0.143. The molecule has 1 saturated heterocycles. The number of halogens is 1. The Morgan fingerprint density at radius 2 is 2.00 bits per heavy atom. The van der Waals surface area contributed by atoms with Gasteiger partial charge in [-0.3, -0.25) is 4.79 Å². The predicted molar refractivity (Wildman–Crippen MR) is 74.0 cm³/mol. The molecule has 0 unspecified atom stereocenters. The molecular weight excluding hydrogens is 280 g/mol. The van der Waals surface area contributed by atoms with Crippen LogP contribution >= 0.6 is 11.6 Å². The lowest BCUT2D eigenvalue weighted by atomic mass is 10.0. The zero-order valence-electron chi connectivity index (χ0n) is 11.1. The van der Waals surface area contributed by atoms with Crippen LogP contribution in [0.2, 0.25) is 5.02 Å². The van der Waals surface area contributed by atoms with Gasteiger partial charge in [0, 0.05) is 18.8 Å². The highest BCUT2D eigenvalue weighted by molar-refractivity contribution is 6.31. The van der Waals surface area contributed by atoms with Crippen molar-refractivity contribution in [3.05, 3.63) is 23.0 Å².